The van der Waals surface area contributed by atoms with Crippen molar-refractivity contribution in [2.24, 2.45) is 5.73 Å². The number of ether oxygens (including phenoxy) is 2. The van der Waals surface area contributed by atoms with E-state index in [0.717, 1.165) is 17.5 Å². The van der Waals surface area contributed by atoms with E-state index in [-0.39, 0.29) is 30.1 Å². The van der Waals surface area contributed by atoms with E-state index in [1.54, 1.807) is 18.2 Å². The van der Waals surface area contributed by atoms with Crippen LogP contribution in [0.15, 0.2) is 48.5 Å². The molecule has 0 aliphatic heterocycles. The van der Waals surface area contributed by atoms with Gasteiger partial charge in [0.25, 0.3) is 0 Å². The first-order chi connectivity index (χ1) is 12.9. The van der Waals surface area contributed by atoms with Gasteiger partial charge >= 0.3 is 11.9 Å². The Labute approximate surface area is 158 Å². The molecule has 3 N–H and O–H groups in total. The molecule has 6 nitrogen and oxygen atoms in total. The molecule has 2 aromatic carbocycles. The third kappa shape index (κ3) is 5.67. The van der Waals surface area contributed by atoms with Crippen molar-refractivity contribution in [3.8, 4) is 0 Å². The number of esters is 2. The Morgan fingerprint density at radius 2 is 1.74 bits per heavy atom. The van der Waals surface area contributed by atoms with Gasteiger partial charge in [-0.2, -0.15) is 0 Å². The van der Waals surface area contributed by atoms with E-state index in [4.69, 9.17) is 20.6 Å². The first kappa shape index (κ1) is 20.2. The van der Waals surface area contributed by atoms with Crippen molar-refractivity contribution in [1.29, 1.82) is 5.41 Å². The number of carbonyl (C=O) groups excluding carboxylic acids is 2. The van der Waals surface area contributed by atoms with Crippen molar-refractivity contribution in [3.05, 3.63) is 70.8 Å². The summed E-state index contributed by atoms with van der Waals surface area (Å²) in [7, 11) is 2.72. The molecular weight excluding hydrogens is 344 g/mol. The Morgan fingerprint density at radius 1 is 1.04 bits per heavy atom. The molecule has 0 amide bonds. The number of nitrogen functional groups attached to an aromatic ring is 1. The van der Waals surface area contributed by atoms with Crippen LogP contribution in [0.2, 0.25) is 0 Å². The number of rotatable bonds is 8. The highest BCUT2D eigenvalue weighted by molar-refractivity contribution is 5.95. The largest absolute Gasteiger partial charge is 0.469 e. The monoisotopic (exact) mass is 368 g/mol. The molecule has 6 heteroatoms. The van der Waals surface area contributed by atoms with E-state index >= 15 is 0 Å². The van der Waals surface area contributed by atoms with E-state index in [9.17, 15) is 9.59 Å². The summed E-state index contributed by atoms with van der Waals surface area (Å²) < 4.78 is 9.53. The standard InChI is InChI=1S/C21H24N2O4/c1-26-19(24)13-17(16-4-3-5-18(12-16)20(22)23)11-8-14-6-9-15(10-7-14)21(25)27-2/h3-7,9-10,12,17H,8,11,13H2,1-2H3,(H3,22,23)/t17-/m0/s1. The highest BCUT2D eigenvalue weighted by Crippen LogP contribution is 2.27. The summed E-state index contributed by atoms with van der Waals surface area (Å²) >= 11 is 0. The van der Waals surface area contributed by atoms with Gasteiger partial charge in [0.2, 0.25) is 0 Å². The highest BCUT2D eigenvalue weighted by atomic mass is 16.5. The van der Waals surface area contributed by atoms with Crippen LogP contribution in [0.25, 0.3) is 0 Å². The number of carbonyl (C=O) groups is 2. The molecular formula is C21H24N2O4. The molecule has 0 saturated heterocycles. The average Bonchev–Trinajstić information content (AvgIpc) is 2.70. The fourth-order valence-corrected chi connectivity index (χ4v) is 2.90. The predicted molar refractivity (Wildman–Crippen MR) is 103 cm³/mol. The van der Waals surface area contributed by atoms with Crippen molar-refractivity contribution >= 4 is 17.8 Å². The first-order valence-corrected chi connectivity index (χ1v) is 8.63. The summed E-state index contributed by atoms with van der Waals surface area (Å²) in [6.45, 7) is 0. The van der Waals surface area contributed by atoms with Crippen molar-refractivity contribution in [1.82, 2.24) is 0 Å². The van der Waals surface area contributed by atoms with Crippen LogP contribution in [0.4, 0.5) is 0 Å². The minimum atomic E-state index is -0.369. The topological polar surface area (TPSA) is 102 Å². The second-order valence-electron chi connectivity index (χ2n) is 6.24. The number of benzene rings is 2. The van der Waals surface area contributed by atoms with Gasteiger partial charge in [-0.1, -0.05) is 30.3 Å². The molecule has 0 aliphatic carbocycles. The van der Waals surface area contributed by atoms with Crippen LogP contribution in [-0.4, -0.2) is 32.0 Å². The number of methoxy groups -OCH3 is 2. The van der Waals surface area contributed by atoms with Crippen molar-refractivity contribution in [2.75, 3.05) is 14.2 Å². The molecule has 0 bridgehead atoms. The molecule has 0 fully saturated rings. The first-order valence-electron chi connectivity index (χ1n) is 8.63. The maximum atomic E-state index is 11.8. The minimum absolute atomic E-state index is 0.00735. The van der Waals surface area contributed by atoms with Crippen LogP contribution >= 0.6 is 0 Å². The zero-order valence-corrected chi connectivity index (χ0v) is 15.5. The number of aryl methyl sites for hydroxylation is 1. The molecule has 2 aromatic rings. The van der Waals surface area contributed by atoms with E-state index < -0.39 is 0 Å². The zero-order chi connectivity index (χ0) is 19.8. The van der Waals surface area contributed by atoms with Gasteiger partial charge in [0.1, 0.15) is 5.84 Å². The molecule has 2 rings (SSSR count). The Balaban J connectivity index is 2.15. The fourth-order valence-electron chi connectivity index (χ4n) is 2.90. The van der Waals surface area contributed by atoms with Crippen LogP contribution in [0.1, 0.15) is 45.8 Å². The lowest BCUT2D eigenvalue weighted by molar-refractivity contribution is -0.141. The Bertz CT molecular complexity index is 815. The maximum absolute atomic E-state index is 11.8. The van der Waals surface area contributed by atoms with Crippen molar-refractivity contribution in [3.63, 3.8) is 0 Å². The van der Waals surface area contributed by atoms with E-state index in [1.807, 2.05) is 30.3 Å². The van der Waals surface area contributed by atoms with Crippen LogP contribution in [0.3, 0.4) is 0 Å². The van der Waals surface area contributed by atoms with Gasteiger partial charge in [-0.05, 0) is 48.1 Å². The van der Waals surface area contributed by atoms with E-state index in [0.29, 0.717) is 17.5 Å². The lowest BCUT2D eigenvalue weighted by Crippen LogP contribution is -2.13. The molecule has 0 saturated carbocycles. The molecule has 0 aromatic heterocycles. The van der Waals surface area contributed by atoms with Gasteiger partial charge in [0.05, 0.1) is 26.2 Å². The number of amidine groups is 1. The molecule has 0 heterocycles. The Morgan fingerprint density at radius 3 is 2.33 bits per heavy atom. The summed E-state index contributed by atoms with van der Waals surface area (Å²) in [5.74, 6) is -0.718. The Hall–Kier alpha value is -3.15. The highest BCUT2D eigenvalue weighted by Gasteiger charge is 2.18. The van der Waals surface area contributed by atoms with E-state index in [1.165, 1.54) is 14.2 Å². The number of hydrogen-bond acceptors (Lipinski definition) is 5. The van der Waals surface area contributed by atoms with Crippen molar-refractivity contribution in [2.45, 2.75) is 25.2 Å². The summed E-state index contributed by atoms with van der Waals surface area (Å²) in [5.41, 5.74) is 8.71. The maximum Gasteiger partial charge on any atom is 0.337 e. The second-order valence-corrected chi connectivity index (χ2v) is 6.24. The van der Waals surface area contributed by atoms with Gasteiger partial charge < -0.3 is 15.2 Å². The van der Waals surface area contributed by atoms with Gasteiger partial charge in [-0.3, -0.25) is 10.2 Å². The second kappa shape index (κ2) is 9.52. The summed E-state index contributed by atoms with van der Waals surface area (Å²) in [6, 6.07) is 14.6. The SMILES string of the molecule is COC(=O)C[C@H](CCc1ccc(C(=O)OC)cc1)c1cccc(C(=N)N)c1. The normalized spacial score (nSPS) is 11.5. The molecule has 27 heavy (non-hydrogen) atoms. The van der Waals surface area contributed by atoms with Gasteiger partial charge in [-0.25, -0.2) is 4.79 Å². The lowest BCUT2D eigenvalue weighted by atomic mass is 9.88. The third-order valence-electron chi connectivity index (χ3n) is 4.47. The summed E-state index contributed by atoms with van der Waals surface area (Å²) in [6.07, 6.45) is 1.69. The van der Waals surface area contributed by atoms with Gasteiger partial charge in [0, 0.05) is 5.56 Å². The number of nitrogens with one attached hydrogen (secondary N) is 1. The summed E-state index contributed by atoms with van der Waals surface area (Å²) in [5, 5.41) is 7.61. The number of nitrogens with two attached hydrogens (primary N) is 1. The summed E-state index contributed by atoms with van der Waals surface area (Å²) in [4.78, 5) is 23.4. The molecule has 0 aliphatic rings. The van der Waals surface area contributed by atoms with Gasteiger partial charge in [0.15, 0.2) is 0 Å². The van der Waals surface area contributed by atoms with Crippen LogP contribution in [-0.2, 0) is 20.7 Å². The van der Waals surface area contributed by atoms with Crippen molar-refractivity contribution < 1.29 is 19.1 Å². The van der Waals surface area contributed by atoms with E-state index in [2.05, 4.69) is 0 Å². The Kier molecular flexibility index (Phi) is 7.11. The third-order valence-corrected chi connectivity index (χ3v) is 4.47. The van der Waals surface area contributed by atoms with Crippen LogP contribution in [0, 0.1) is 5.41 Å². The predicted octanol–water partition coefficient (Wildman–Crippen LogP) is 3.04. The smallest absolute Gasteiger partial charge is 0.337 e. The number of hydrogen-bond donors (Lipinski definition) is 2. The fraction of sp³-hybridized carbons (Fsp3) is 0.286. The minimum Gasteiger partial charge on any atom is -0.469 e. The molecule has 0 unspecified atom stereocenters. The molecule has 0 radical (unpaired) electrons. The average molecular weight is 368 g/mol. The van der Waals surface area contributed by atoms with Crippen LogP contribution in [0.5, 0.6) is 0 Å². The zero-order valence-electron chi connectivity index (χ0n) is 15.5. The molecule has 0 spiro atoms. The molecule has 1 atom stereocenters. The lowest BCUT2D eigenvalue weighted by Gasteiger charge is -2.17. The van der Waals surface area contributed by atoms with Crippen LogP contribution < -0.4 is 5.73 Å². The molecule has 142 valence electrons. The van der Waals surface area contributed by atoms with Gasteiger partial charge in [-0.15, -0.1) is 0 Å². The quantitative estimate of drug-likeness (QED) is 0.423.